The van der Waals surface area contributed by atoms with Gasteiger partial charge in [0.25, 0.3) is 5.69 Å². The van der Waals surface area contributed by atoms with E-state index in [4.69, 9.17) is 4.74 Å². The number of alkyl carbamates (subject to hydrolysis) is 1. The van der Waals surface area contributed by atoms with E-state index in [0.29, 0.717) is 5.82 Å². The maximum absolute atomic E-state index is 12.4. The highest BCUT2D eigenvalue weighted by molar-refractivity contribution is 5.68. The number of ether oxygens (including phenoxy) is 1. The van der Waals surface area contributed by atoms with E-state index in [9.17, 15) is 14.9 Å². The molecule has 8 heteroatoms. The molecule has 0 saturated carbocycles. The van der Waals surface area contributed by atoms with E-state index >= 15 is 0 Å². The number of hydrogen-bond donors (Lipinski definition) is 2. The summed E-state index contributed by atoms with van der Waals surface area (Å²) in [5, 5.41) is 13.7. The SMILES string of the molecule is CC[C@@H](C)[C@H](NC(=O)OCc1ccccc1)c1cnc(-c2ccc([N+](=O)[O-])cc2)[nH]1. The van der Waals surface area contributed by atoms with Gasteiger partial charge in [0.05, 0.1) is 22.9 Å². The molecule has 8 nitrogen and oxygen atoms in total. The van der Waals surface area contributed by atoms with Gasteiger partial charge in [-0.3, -0.25) is 10.1 Å². The number of amides is 1. The van der Waals surface area contributed by atoms with E-state index < -0.39 is 11.0 Å². The van der Waals surface area contributed by atoms with Crippen LogP contribution in [0.2, 0.25) is 0 Å². The van der Waals surface area contributed by atoms with Crippen LogP contribution in [0.1, 0.15) is 37.6 Å². The number of aromatic amines is 1. The molecule has 0 saturated heterocycles. The number of carbonyl (C=O) groups is 1. The van der Waals surface area contributed by atoms with Crippen molar-refractivity contribution in [1.82, 2.24) is 15.3 Å². The number of nitro benzene ring substituents is 1. The molecule has 1 amide bonds. The Morgan fingerprint density at radius 3 is 2.53 bits per heavy atom. The van der Waals surface area contributed by atoms with Crippen LogP contribution < -0.4 is 5.32 Å². The Balaban J connectivity index is 1.71. The molecule has 30 heavy (non-hydrogen) atoms. The van der Waals surface area contributed by atoms with E-state index in [-0.39, 0.29) is 24.3 Å². The van der Waals surface area contributed by atoms with Gasteiger partial charge in [-0.2, -0.15) is 0 Å². The fourth-order valence-corrected chi connectivity index (χ4v) is 3.04. The van der Waals surface area contributed by atoms with Crippen LogP contribution in [0.25, 0.3) is 11.4 Å². The van der Waals surface area contributed by atoms with E-state index in [1.165, 1.54) is 12.1 Å². The first kappa shape index (κ1) is 21.0. The van der Waals surface area contributed by atoms with Crippen LogP contribution in [0, 0.1) is 16.0 Å². The van der Waals surface area contributed by atoms with Crippen molar-refractivity contribution in [2.45, 2.75) is 32.9 Å². The van der Waals surface area contributed by atoms with Crippen LogP contribution in [0.4, 0.5) is 10.5 Å². The number of non-ortho nitro benzene ring substituents is 1. The second-order valence-electron chi connectivity index (χ2n) is 7.06. The van der Waals surface area contributed by atoms with Crippen molar-refractivity contribution < 1.29 is 14.5 Å². The minimum Gasteiger partial charge on any atom is -0.445 e. The molecule has 0 bridgehead atoms. The Kier molecular flexibility index (Phi) is 6.79. The van der Waals surface area contributed by atoms with Crippen molar-refractivity contribution in [3.05, 3.63) is 82.2 Å². The van der Waals surface area contributed by atoms with Crippen LogP contribution in [-0.4, -0.2) is 21.0 Å². The molecule has 2 N–H and O–H groups in total. The molecule has 0 aliphatic rings. The van der Waals surface area contributed by atoms with E-state index in [1.807, 2.05) is 44.2 Å². The average molecular weight is 408 g/mol. The van der Waals surface area contributed by atoms with Gasteiger partial charge in [0, 0.05) is 17.7 Å². The molecule has 0 spiro atoms. The largest absolute Gasteiger partial charge is 0.445 e. The number of aromatic nitrogens is 2. The van der Waals surface area contributed by atoms with Crippen molar-refractivity contribution in [3.63, 3.8) is 0 Å². The van der Waals surface area contributed by atoms with E-state index in [2.05, 4.69) is 15.3 Å². The fourth-order valence-electron chi connectivity index (χ4n) is 3.04. The van der Waals surface area contributed by atoms with Gasteiger partial charge in [-0.15, -0.1) is 0 Å². The highest BCUT2D eigenvalue weighted by Gasteiger charge is 2.23. The van der Waals surface area contributed by atoms with Crippen molar-refractivity contribution in [1.29, 1.82) is 0 Å². The summed E-state index contributed by atoms with van der Waals surface area (Å²) in [6.45, 7) is 4.27. The Morgan fingerprint density at radius 2 is 1.90 bits per heavy atom. The number of nitrogens with zero attached hydrogens (tertiary/aromatic N) is 2. The molecule has 3 rings (SSSR count). The Morgan fingerprint density at radius 1 is 1.20 bits per heavy atom. The van der Waals surface area contributed by atoms with E-state index in [1.54, 1.807) is 18.3 Å². The van der Waals surface area contributed by atoms with Crippen molar-refractivity contribution >= 4 is 11.8 Å². The van der Waals surface area contributed by atoms with Gasteiger partial charge in [-0.05, 0) is 23.6 Å². The molecule has 1 aromatic heterocycles. The Hall–Kier alpha value is -3.68. The first-order valence-corrected chi connectivity index (χ1v) is 9.75. The molecule has 3 aromatic rings. The smallest absolute Gasteiger partial charge is 0.408 e. The molecule has 0 radical (unpaired) electrons. The predicted octanol–water partition coefficient (Wildman–Crippen LogP) is 5.00. The zero-order valence-electron chi connectivity index (χ0n) is 16.9. The summed E-state index contributed by atoms with van der Waals surface area (Å²) < 4.78 is 5.35. The lowest BCUT2D eigenvalue weighted by molar-refractivity contribution is -0.384. The minimum absolute atomic E-state index is 0.0193. The number of rotatable bonds is 8. The Labute approximate surface area is 174 Å². The van der Waals surface area contributed by atoms with Crippen LogP contribution in [-0.2, 0) is 11.3 Å². The summed E-state index contributed by atoms with van der Waals surface area (Å²) in [5.41, 5.74) is 2.40. The lowest BCUT2D eigenvalue weighted by Gasteiger charge is -2.22. The second kappa shape index (κ2) is 9.69. The van der Waals surface area contributed by atoms with E-state index in [0.717, 1.165) is 23.2 Å². The molecule has 0 aliphatic carbocycles. The van der Waals surface area contributed by atoms with Crippen molar-refractivity contribution in [2.24, 2.45) is 5.92 Å². The zero-order valence-corrected chi connectivity index (χ0v) is 16.9. The summed E-state index contributed by atoms with van der Waals surface area (Å²) in [6, 6.07) is 15.3. The van der Waals surface area contributed by atoms with Crippen LogP contribution >= 0.6 is 0 Å². The second-order valence-corrected chi connectivity index (χ2v) is 7.06. The zero-order chi connectivity index (χ0) is 21.5. The summed E-state index contributed by atoms with van der Waals surface area (Å²) in [4.78, 5) is 30.4. The van der Waals surface area contributed by atoms with Gasteiger partial charge in [0.15, 0.2) is 0 Å². The molecule has 156 valence electrons. The van der Waals surface area contributed by atoms with Gasteiger partial charge in [-0.1, -0.05) is 50.6 Å². The topological polar surface area (TPSA) is 110 Å². The molecule has 1 heterocycles. The van der Waals surface area contributed by atoms with Gasteiger partial charge >= 0.3 is 6.09 Å². The lowest BCUT2D eigenvalue weighted by atomic mass is 9.97. The fraction of sp³-hybridized carbons (Fsp3) is 0.273. The first-order valence-electron chi connectivity index (χ1n) is 9.75. The number of nitrogens with one attached hydrogen (secondary N) is 2. The summed E-state index contributed by atoms with van der Waals surface area (Å²) >= 11 is 0. The third kappa shape index (κ3) is 5.22. The summed E-state index contributed by atoms with van der Waals surface area (Å²) in [5.74, 6) is 0.715. The molecular weight excluding hydrogens is 384 g/mol. The molecular formula is C22H24N4O4. The minimum atomic E-state index is -0.504. The third-order valence-electron chi connectivity index (χ3n) is 4.98. The molecule has 0 fully saturated rings. The highest BCUT2D eigenvalue weighted by Crippen LogP contribution is 2.26. The highest BCUT2D eigenvalue weighted by atomic mass is 16.6. The monoisotopic (exact) mass is 408 g/mol. The van der Waals surface area contributed by atoms with Gasteiger partial charge < -0.3 is 15.0 Å². The number of nitro groups is 1. The first-order chi connectivity index (χ1) is 14.5. The molecule has 2 atom stereocenters. The van der Waals surface area contributed by atoms with Gasteiger partial charge in [0.1, 0.15) is 12.4 Å². The number of hydrogen-bond acceptors (Lipinski definition) is 5. The van der Waals surface area contributed by atoms with Crippen LogP contribution in [0.3, 0.4) is 0 Å². The Bertz CT molecular complexity index is 986. The van der Waals surface area contributed by atoms with Gasteiger partial charge in [-0.25, -0.2) is 9.78 Å². The normalized spacial score (nSPS) is 12.7. The predicted molar refractivity (Wildman–Crippen MR) is 113 cm³/mol. The number of carbonyl (C=O) groups excluding carboxylic acids is 1. The molecule has 2 aromatic carbocycles. The van der Waals surface area contributed by atoms with Crippen molar-refractivity contribution in [3.8, 4) is 11.4 Å². The van der Waals surface area contributed by atoms with Crippen molar-refractivity contribution in [2.75, 3.05) is 0 Å². The number of benzene rings is 2. The maximum atomic E-state index is 12.4. The quantitative estimate of drug-likeness (QED) is 0.403. The van der Waals surface area contributed by atoms with Crippen LogP contribution in [0.5, 0.6) is 0 Å². The summed E-state index contributed by atoms with van der Waals surface area (Å²) in [7, 11) is 0. The number of H-pyrrole nitrogens is 1. The molecule has 0 unspecified atom stereocenters. The lowest BCUT2D eigenvalue weighted by Crippen LogP contribution is -2.33. The summed E-state index contributed by atoms with van der Waals surface area (Å²) in [6.07, 6.45) is 2.01. The van der Waals surface area contributed by atoms with Crippen LogP contribution in [0.15, 0.2) is 60.8 Å². The van der Waals surface area contributed by atoms with Gasteiger partial charge in [0.2, 0.25) is 0 Å². The maximum Gasteiger partial charge on any atom is 0.408 e. The third-order valence-corrected chi connectivity index (χ3v) is 4.98. The standard InChI is InChI=1S/C22H24N4O4/c1-3-15(2)20(25-22(27)30-14-16-7-5-4-6-8-16)19-13-23-21(24-19)17-9-11-18(12-10-17)26(28)29/h4-13,15,20H,3,14H2,1-2H3,(H,23,24)(H,25,27)/t15-,20+/m1/s1. The molecule has 0 aliphatic heterocycles. The average Bonchev–Trinajstić information content (AvgIpc) is 3.26. The number of imidazole rings is 1.